The van der Waals surface area contributed by atoms with Crippen molar-refractivity contribution >= 4 is 9.84 Å². The molecule has 1 saturated heterocycles. The van der Waals surface area contributed by atoms with Gasteiger partial charge in [-0.3, -0.25) is 0 Å². The summed E-state index contributed by atoms with van der Waals surface area (Å²) in [5.41, 5.74) is 0.655. The Morgan fingerprint density at radius 2 is 2.00 bits per heavy atom. The van der Waals surface area contributed by atoms with Gasteiger partial charge in [-0.2, -0.15) is 0 Å². The Labute approximate surface area is 119 Å². The van der Waals surface area contributed by atoms with E-state index in [1.807, 2.05) is 6.07 Å². The highest BCUT2D eigenvalue weighted by molar-refractivity contribution is 7.91. The van der Waals surface area contributed by atoms with Crippen molar-refractivity contribution in [1.29, 1.82) is 0 Å². The van der Waals surface area contributed by atoms with E-state index in [2.05, 4.69) is 5.32 Å². The van der Waals surface area contributed by atoms with E-state index < -0.39 is 9.84 Å². The summed E-state index contributed by atoms with van der Waals surface area (Å²) in [4.78, 5) is 0. The standard InChI is InChI=1S/C15H20FNO2S/c16-15-4-2-1-3-13(15)14(9-17-12-5-6-12)11-7-8-20(18,19)10-11/h1-4,11-12,14,17H,5-10H2. The Morgan fingerprint density at radius 1 is 1.25 bits per heavy atom. The first-order chi connectivity index (χ1) is 9.55. The van der Waals surface area contributed by atoms with Crippen LogP contribution in [-0.4, -0.2) is 32.5 Å². The maximum absolute atomic E-state index is 14.0. The second-order valence-corrected chi connectivity index (χ2v) is 8.20. The lowest BCUT2D eigenvalue weighted by molar-refractivity contribution is 0.422. The van der Waals surface area contributed by atoms with Crippen LogP contribution in [0.15, 0.2) is 24.3 Å². The van der Waals surface area contributed by atoms with Crippen LogP contribution >= 0.6 is 0 Å². The van der Waals surface area contributed by atoms with Gasteiger partial charge in [0.15, 0.2) is 9.84 Å². The molecule has 1 N–H and O–H groups in total. The van der Waals surface area contributed by atoms with Crippen LogP contribution in [0.4, 0.5) is 4.39 Å². The molecule has 110 valence electrons. The van der Waals surface area contributed by atoms with Crippen LogP contribution in [0.5, 0.6) is 0 Å². The number of hydrogen-bond donors (Lipinski definition) is 1. The predicted octanol–water partition coefficient (Wildman–Crippen LogP) is 2.10. The summed E-state index contributed by atoms with van der Waals surface area (Å²) >= 11 is 0. The third-order valence-electron chi connectivity index (χ3n) is 4.35. The molecule has 0 spiro atoms. The molecular weight excluding hydrogens is 277 g/mol. The van der Waals surface area contributed by atoms with Gasteiger partial charge < -0.3 is 5.32 Å². The predicted molar refractivity (Wildman–Crippen MR) is 76.9 cm³/mol. The molecule has 1 aromatic rings. The normalized spacial score (nSPS) is 26.6. The highest BCUT2D eigenvalue weighted by Crippen LogP contribution is 2.34. The van der Waals surface area contributed by atoms with Crippen LogP contribution in [0.2, 0.25) is 0 Å². The van der Waals surface area contributed by atoms with Gasteiger partial charge in [0, 0.05) is 18.5 Å². The zero-order valence-corrected chi connectivity index (χ0v) is 12.2. The second-order valence-electron chi connectivity index (χ2n) is 5.97. The van der Waals surface area contributed by atoms with Gasteiger partial charge in [0.2, 0.25) is 0 Å². The smallest absolute Gasteiger partial charge is 0.150 e. The highest BCUT2D eigenvalue weighted by atomic mass is 32.2. The van der Waals surface area contributed by atoms with Crippen molar-refractivity contribution < 1.29 is 12.8 Å². The lowest BCUT2D eigenvalue weighted by Gasteiger charge is -2.24. The molecular formula is C15H20FNO2S. The molecule has 2 unspecified atom stereocenters. The Kier molecular flexibility index (Phi) is 3.82. The molecule has 1 heterocycles. The van der Waals surface area contributed by atoms with Crippen molar-refractivity contribution in [2.45, 2.75) is 31.2 Å². The van der Waals surface area contributed by atoms with E-state index in [1.165, 1.54) is 18.9 Å². The van der Waals surface area contributed by atoms with Gasteiger partial charge in [-0.05, 0) is 36.8 Å². The largest absolute Gasteiger partial charge is 0.313 e. The fraction of sp³-hybridized carbons (Fsp3) is 0.600. The Hall–Kier alpha value is -0.940. The molecule has 3 nitrogen and oxygen atoms in total. The minimum atomic E-state index is -2.93. The third kappa shape index (κ3) is 3.20. The van der Waals surface area contributed by atoms with Gasteiger partial charge in [-0.15, -0.1) is 0 Å². The van der Waals surface area contributed by atoms with E-state index >= 15 is 0 Å². The molecule has 2 atom stereocenters. The van der Waals surface area contributed by atoms with Crippen LogP contribution in [0, 0.1) is 11.7 Å². The van der Waals surface area contributed by atoms with E-state index in [0.29, 0.717) is 24.6 Å². The fourth-order valence-electron chi connectivity index (χ4n) is 3.03. The summed E-state index contributed by atoms with van der Waals surface area (Å²) in [6.45, 7) is 0.672. The average Bonchev–Trinajstić information content (AvgIpc) is 3.15. The van der Waals surface area contributed by atoms with Gasteiger partial charge in [-0.25, -0.2) is 12.8 Å². The van der Waals surface area contributed by atoms with E-state index in [1.54, 1.807) is 12.1 Å². The number of sulfone groups is 1. The lowest BCUT2D eigenvalue weighted by atomic mass is 9.85. The molecule has 1 saturated carbocycles. The third-order valence-corrected chi connectivity index (χ3v) is 6.14. The molecule has 20 heavy (non-hydrogen) atoms. The molecule has 3 rings (SSSR count). The molecule has 1 aliphatic heterocycles. The molecule has 5 heteroatoms. The van der Waals surface area contributed by atoms with Crippen molar-refractivity contribution in [2.75, 3.05) is 18.1 Å². The summed E-state index contributed by atoms with van der Waals surface area (Å²) in [5, 5.41) is 3.43. The van der Waals surface area contributed by atoms with Crippen molar-refractivity contribution in [2.24, 2.45) is 5.92 Å². The minimum Gasteiger partial charge on any atom is -0.313 e. The molecule has 0 bridgehead atoms. The number of hydrogen-bond acceptors (Lipinski definition) is 3. The van der Waals surface area contributed by atoms with Gasteiger partial charge in [-0.1, -0.05) is 18.2 Å². The first kappa shape index (κ1) is 14.0. The van der Waals surface area contributed by atoms with Crippen molar-refractivity contribution in [3.05, 3.63) is 35.6 Å². The number of halogens is 1. The summed E-state index contributed by atoms with van der Waals surface area (Å²) < 4.78 is 37.4. The monoisotopic (exact) mass is 297 g/mol. The number of rotatable bonds is 5. The molecule has 0 amide bonds. The van der Waals surface area contributed by atoms with Gasteiger partial charge in [0.05, 0.1) is 11.5 Å². The maximum Gasteiger partial charge on any atom is 0.150 e. The Morgan fingerprint density at radius 3 is 2.60 bits per heavy atom. The average molecular weight is 297 g/mol. The summed E-state index contributed by atoms with van der Waals surface area (Å²) in [5.74, 6) is 0.196. The van der Waals surface area contributed by atoms with E-state index in [-0.39, 0.29) is 29.2 Å². The van der Waals surface area contributed by atoms with Gasteiger partial charge in [0.1, 0.15) is 5.82 Å². The van der Waals surface area contributed by atoms with Crippen LogP contribution in [-0.2, 0) is 9.84 Å². The molecule has 2 aliphatic rings. The number of nitrogens with one attached hydrogen (secondary N) is 1. The summed E-state index contributed by atoms with van der Waals surface area (Å²) in [6, 6.07) is 7.30. The van der Waals surface area contributed by atoms with Crippen LogP contribution < -0.4 is 5.32 Å². The first-order valence-corrected chi connectivity index (χ1v) is 9.05. The quantitative estimate of drug-likeness (QED) is 0.905. The van der Waals surface area contributed by atoms with Crippen LogP contribution in [0.25, 0.3) is 0 Å². The molecule has 0 aromatic heterocycles. The minimum absolute atomic E-state index is 0.0307. The fourth-order valence-corrected chi connectivity index (χ4v) is 4.91. The maximum atomic E-state index is 14.0. The zero-order valence-electron chi connectivity index (χ0n) is 11.4. The second kappa shape index (κ2) is 5.45. The molecule has 1 aliphatic carbocycles. The van der Waals surface area contributed by atoms with Crippen molar-refractivity contribution in [3.8, 4) is 0 Å². The van der Waals surface area contributed by atoms with Gasteiger partial charge in [0.25, 0.3) is 0 Å². The van der Waals surface area contributed by atoms with Crippen LogP contribution in [0.3, 0.4) is 0 Å². The highest BCUT2D eigenvalue weighted by Gasteiger charge is 2.36. The van der Waals surface area contributed by atoms with E-state index in [4.69, 9.17) is 0 Å². The Bertz CT molecular complexity index is 583. The van der Waals surface area contributed by atoms with Crippen LogP contribution in [0.1, 0.15) is 30.7 Å². The Balaban J connectivity index is 1.81. The first-order valence-electron chi connectivity index (χ1n) is 7.23. The van der Waals surface area contributed by atoms with Gasteiger partial charge >= 0.3 is 0 Å². The topological polar surface area (TPSA) is 46.2 Å². The summed E-state index contributed by atoms with van der Waals surface area (Å²) in [7, 11) is -2.93. The van der Waals surface area contributed by atoms with E-state index in [9.17, 15) is 12.8 Å². The number of benzene rings is 1. The van der Waals surface area contributed by atoms with E-state index in [0.717, 1.165) is 0 Å². The van der Waals surface area contributed by atoms with Crippen molar-refractivity contribution in [3.63, 3.8) is 0 Å². The molecule has 2 fully saturated rings. The SMILES string of the molecule is O=S1(=O)CCC(C(CNC2CC2)c2ccccc2F)C1. The summed E-state index contributed by atoms with van der Waals surface area (Å²) in [6.07, 6.45) is 2.99. The zero-order chi connectivity index (χ0) is 14.2. The lowest BCUT2D eigenvalue weighted by Crippen LogP contribution is -2.29. The molecule has 0 radical (unpaired) electrons. The molecule has 1 aromatic carbocycles. The van der Waals surface area contributed by atoms with Crippen molar-refractivity contribution in [1.82, 2.24) is 5.32 Å².